The quantitative estimate of drug-likeness (QED) is 0.504. The van der Waals surface area contributed by atoms with Crippen LogP contribution < -0.4 is 0 Å². The molecule has 2 heteroatoms. The summed E-state index contributed by atoms with van der Waals surface area (Å²) >= 11 is 3.48. The predicted molar refractivity (Wildman–Crippen MR) is 89.1 cm³/mol. The number of hydrogen-bond donors (Lipinski definition) is 0. The van der Waals surface area contributed by atoms with E-state index in [9.17, 15) is 0 Å². The third-order valence-corrected chi connectivity index (χ3v) is 4.01. The van der Waals surface area contributed by atoms with Crippen LogP contribution in [0.3, 0.4) is 0 Å². The van der Waals surface area contributed by atoms with Gasteiger partial charge in [0.1, 0.15) is 0 Å². The molecule has 1 aromatic carbocycles. The number of hydrogen-bond acceptors (Lipinski definition) is 1. The lowest BCUT2D eigenvalue weighted by molar-refractivity contribution is 0.318. The highest BCUT2D eigenvalue weighted by molar-refractivity contribution is 9.09. The Balaban J connectivity index is 2.40. The van der Waals surface area contributed by atoms with Crippen LogP contribution in [0.4, 0.5) is 0 Å². The summed E-state index contributed by atoms with van der Waals surface area (Å²) in [6.45, 7) is 9.03. The minimum atomic E-state index is 0.250. The fraction of sp³-hybridized carbons (Fsp3) is 0.647. The van der Waals surface area contributed by atoms with Gasteiger partial charge in [0.25, 0.3) is 0 Å². The topological polar surface area (TPSA) is 3.24 Å². The summed E-state index contributed by atoms with van der Waals surface area (Å²) in [5.74, 6) is 0. The lowest BCUT2D eigenvalue weighted by Gasteiger charge is -2.20. The third kappa shape index (κ3) is 6.58. The monoisotopic (exact) mass is 325 g/mol. The Kier molecular flexibility index (Phi) is 7.09. The second-order valence-corrected chi connectivity index (χ2v) is 7.23. The van der Waals surface area contributed by atoms with Gasteiger partial charge in [0.05, 0.1) is 0 Å². The summed E-state index contributed by atoms with van der Waals surface area (Å²) in [5.41, 5.74) is 3.08. The van der Waals surface area contributed by atoms with Crippen molar-refractivity contribution >= 4 is 15.9 Å². The predicted octanol–water partition coefficient (Wildman–Crippen LogP) is 4.98. The van der Waals surface area contributed by atoms with E-state index in [4.69, 9.17) is 0 Å². The van der Waals surface area contributed by atoms with Gasteiger partial charge < -0.3 is 4.90 Å². The van der Waals surface area contributed by atoms with Crippen LogP contribution in [0.5, 0.6) is 0 Å². The maximum absolute atomic E-state index is 3.48. The van der Waals surface area contributed by atoms with Crippen LogP contribution in [0.1, 0.15) is 51.2 Å². The number of halogens is 1. The van der Waals surface area contributed by atoms with Crippen molar-refractivity contribution in [1.29, 1.82) is 0 Å². The van der Waals surface area contributed by atoms with Gasteiger partial charge in [-0.15, -0.1) is 0 Å². The normalized spacial score (nSPS) is 12.1. The molecule has 1 nitrogen and oxygen atoms in total. The molecule has 0 radical (unpaired) electrons. The van der Waals surface area contributed by atoms with E-state index in [1.807, 2.05) is 0 Å². The lowest BCUT2D eigenvalue weighted by Crippen LogP contribution is -2.19. The van der Waals surface area contributed by atoms with Crippen LogP contribution >= 0.6 is 15.9 Å². The molecule has 0 N–H and O–H groups in total. The Morgan fingerprint density at radius 2 is 1.63 bits per heavy atom. The van der Waals surface area contributed by atoms with Crippen LogP contribution in [0.15, 0.2) is 24.3 Å². The largest absolute Gasteiger partial charge is 0.302 e. The average molecular weight is 326 g/mol. The van der Waals surface area contributed by atoms with E-state index in [2.05, 4.69) is 72.9 Å². The molecular formula is C17H28BrN. The Bertz CT molecular complexity index is 351. The van der Waals surface area contributed by atoms with Gasteiger partial charge in [-0.1, -0.05) is 67.4 Å². The smallest absolute Gasteiger partial charge is 0.0230 e. The molecule has 0 saturated heterocycles. The Labute approximate surface area is 127 Å². The molecular weight excluding hydrogens is 298 g/mol. The second kappa shape index (κ2) is 8.06. The summed E-state index contributed by atoms with van der Waals surface area (Å²) in [5, 5.41) is 1.13. The zero-order valence-electron chi connectivity index (χ0n) is 12.9. The average Bonchev–Trinajstić information content (AvgIpc) is 2.34. The van der Waals surface area contributed by atoms with Crippen molar-refractivity contribution in [3.8, 4) is 0 Å². The maximum Gasteiger partial charge on any atom is 0.0230 e. The fourth-order valence-electron chi connectivity index (χ4n) is 2.15. The van der Waals surface area contributed by atoms with Crippen LogP contribution in [-0.4, -0.2) is 23.8 Å². The van der Waals surface area contributed by atoms with E-state index < -0.39 is 0 Å². The number of unbranched alkanes of at least 4 members (excludes halogenated alkanes) is 2. The van der Waals surface area contributed by atoms with Crippen LogP contribution in [0.25, 0.3) is 0 Å². The highest BCUT2D eigenvalue weighted by atomic mass is 79.9. The van der Waals surface area contributed by atoms with Gasteiger partial charge in [0.2, 0.25) is 0 Å². The Morgan fingerprint density at radius 3 is 2.16 bits per heavy atom. The van der Waals surface area contributed by atoms with Gasteiger partial charge in [-0.25, -0.2) is 0 Å². The first-order chi connectivity index (χ1) is 8.93. The molecule has 0 heterocycles. The van der Waals surface area contributed by atoms with Crippen molar-refractivity contribution in [2.24, 2.45) is 0 Å². The molecule has 0 aliphatic heterocycles. The van der Waals surface area contributed by atoms with E-state index in [0.29, 0.717) is 0 Å². The lowest BCUT2D eigenvalue weighted by atomic mass is 9.87. The molecule has 108 valence electrons. The summed E-state index contributed by atoms with van der Waals surface area (Å²) in [7, 11) is 2.21. The van der Waals surface area contributed by atoms with E-state index in [1.165, 1.54) is 36.9 Å². The van der Waals surface area contributed by atoms with Crippen molar-refractivity contribution < 1.29 is 0 Å². The molecule has 0 aliphatic carbocycles. The van der Waals surface area contributed by atoms with Crippen molar-refractivity contribution in [2.45, 2.75) is 52.0 Å². The van der Waals surface area contributed by atoms with Gasteiger partial charge in [0, 0.05) is 11.9 Å². The maximum atomic E-state index is 3.48. The van der Waals surface area contributed by atoms with Gasteiger partial charge in [-0.05, 0) is 43.0 Å². The minimum Gasteiger partial charge on any atom is -0.302 e. The van der Waals surface area contributed by atoms with Crippen molar-refractivity contribution in [1.82, 2.24) is 4.90 Å². The molecule has 0 aliphatic rings. The second-order valence-electron chi connectivity index (χ2n) is 6.43. The van der Waals surface area contributed by atoms with Crippen molar-refractivity contribution in [2.75, 3.05) is 18.9 Å². The third-order valence-electron chi connectivity index (χ3n) is 3.45. The van der Waals surface area contributed by atoms with E-state index in [0.717, 1.165) is 11.9 Å². The first kappa shape index (κ1) is 16.7. The number of rotatable bonds is 7. The molecule has 0 amide bonds. The van der Waals surface area contributed by atoms with Crippen LogP contribution in [-0.2, 0) is 12.0 Å². The SMILES string of the molecule is CN(CCCCCBr)Cc1ccc(C(C)(C)C)cc1. The zero-order valence-corrected chi connectivity index (χ0v) is 14.5. The van der Waals surface area contributed by atoms with Crippen molar-refractivity contribution in [3.63, 3.8) is 0 Å². The summed E-state index contributed by atoms with van der Waals surface area (Å²) in [6, 6.07) is 9.09. The molecule has 19 heavy (non-hydrogen) atoms. The number of nitrogens with zero attached hydrogens (tertiary/aromatic N) is 1. The molecule has 0 bridgehead atoms. The van der Waals surface area contributed by atoms with Gasteiger partial charge in [-0.3, -0.25) is 0 Å². The van der Waals surface area contributed by atoms with Gasteiger partial charge >= 0.3 is 0 Å². The molecule has 1 aromatic rings. The van der Waals surface area contributed by atoms with Crippen LogP contribution in [0, 0.1) is 0 Å². The van der Waals surface area contributed by atoms with Crippen molar-refractivity contribution in [3.05, 3.63) is 35.4 Å². The highest BCUT2D eigenvalue weighted by Gasteiger charge is 2.12. The van der Waals surface area contributed by atoms with Crippen LogP contribution in [0.2, 0.25) is 0 Å². The molecule has 0 atom stereocenters. The molecule has 1 rings (SSSR count). The zero-order chi connectivity index (χ0) is 14.3. The first-order valence-corrected chi connectivity index (χ1v) is 8.39. The van der Waals surface area contributed by atoms with E-state index >= 15 is 0 Å². The molecule has 0 fully saturated rings. The Morgan fingerprint density at radius 1 is 1.00 bits per heavy atom. The molecule has 0 spiro atoms. The Hall–Kier alpha value is -0.340. The standard InChI is InChI=1S/C17H28BrN/c1-17(2,3)16-10-8-15(9-11-16)14-19(4)13-7-5-6-12-18/h8-11H,5-7,12-14H2,1-4H3. The van der Waals surface area contributed by atoms with Gasteiger partial charge in [0.15, 0.2) is 0 Å². The van der Waals surface area contributed by atoms with E-state index in [-0.39, 0.29) is 5.41 Å². The minimum absolute atomic E-state index is 0.250. The highest BCUT2D eigenvalue weighted by Crippen LogP contribution is 2.22. The summed E-state index contributed by atoms with van der Waals surface area (Å²) in [6.07, 6.45) is 3.90. The molecule has 0 aromatic heterocycles. The summed E-state index contributed by atoms with van der Waals surface area (Å²) < 4.78 is 0. The summed E-state index contributed by atoms with van der Waals surface area (Å²) in [4.78, 5) is 2.42. The first-order valence-electron chi connectivity index (χ1n) is 7.27. The van der Waals surface area contributed by atoms with Gasteiger partial charge in [-0.2, -0.15) is 0 Å². The molecule has 0 saturated carbocycles. The van der Waals surface area contributed by atoms with E-state index in [1.54, 1.807) is 0 Å². The fourth-order valence-corrected chi connectivity index (χ4v) is 2.55. The number of benzene rings is 1. The molecule has 0 unspecified atom stereocenters. The number of alkyl halides is 1.